The predicted octanol–water partition coefficient (Wildman–Crippen LogP) is 6.99. The number of aromatic amines is 1. The number of para-hydroxylation sites is 1. The van der Waals surface area contributed by atoms with E-state index in [1.165, 1.54) is 18.2 Å². The molecule has 2 N–H and O–H groups in total. The molecule has 0 fully saturated rings. The van der Waals surface area contributed by atoms with Crippen molar-refractivity contribution >= 4 is 45.6 Å². The van der Waals surface area contributed by atoms with Crippen molar-refractivity contribution in [3.63, 3.8) is 0 Å². The first-order valence-corrected chi connectivity index (χ1v) is 12.8. The number of carbonyl (C=O) groups is 1. The third kappa shape index (κ3) is 5.02. The molecule has 36 heavy (non-hydrogen) atoms. The fraction of sp³-hybridized carbons (Fsp3) is 0.0741. The molecule has 0 aliphatic carbocycles. The van der Waals surface area contributed by atoms with Crippen molar-refractivity contribution < 1.29 is 14.1 Å². The van der Waals surface area contributed by atoms with E-state index in [9.17, 15) is 19.3 Å². The number of carbonyl (C=O) groups excluding carboxylic acids is 1. The van der Waals surface area contributed by atoms with Crippen molar-refractivity contribution in [2.45, 2.75) is 15.7 Å². The smallest absolute Gasteiger partial charge is 0.284 e. The number of nitro benzene ring substituents is 1. The maximum absolute atomic E-state index is 13.2. The SMILES string of the molecule is O=C(NC[C@@H](c1cccs1)c1c[nH]c2ccccc12)c1ccc(Sc2ccc(F)cc2)c([N+](=O)[O-])c1. The maximum Gasteiger partial charge on any atom is 0.284 e. The average molecular weight is 518 g/mol. The first kappa shape index (κ1) is 23.8. The van der Waals surface area contributed by atoms with Crippen LogP contribution in [-0.4, -0.2) is 22.4 Å². The van der Waals surface area contributed by atoms with E-state index in [0.717, 1.165) is 33.1 Å². The Labute approximate surface area is 214 Å². The molecule has 0 bridgehead atoms. The molecule has 2 heterocycles. The first-order chi connectivity index (χ1) is 17.5. The fourth-order valence-corrected chi connectivity index (χ4v) is 5.80. The summed E-state index contributed by atoms with van der Waals surface area (Å²) in [5.74, 6) is -0.847. The van der Waals surface area contributed by atoms with Crippen LogP contribution in [0.1, 0.15) is 26.7 Å². The zero-order chi connectivity index (χ0) is 25.1. The lowest BCUT2D eigenvalue weighted by Crippen LogP contribution is -2.28. The Morgan fingerprint density at radius 2 is 1.89 bits per heavy atom. The van der Waals surface area contributed by atoms with Crippen molar-refractivity contribution in [1.29, 1.82) is 0 Å². The number of thiophene rings is 1. The standard InChI is InChI=1S/C27H20FN3O3S2/c28-18-8-10-19(11-9-18)36-26-12-7-17(14-24(26)31(33)34)27(32)30-16-22(25-6-3-13-35-25)21-15-29-23-5-2-1-4-20(21)23/h1-15,22,29H,16H2,(H,30,32)/t22-/m1/s1. The molecule has 0 saturated carbocycles. The minimum absolute atomic E-state index is 0.0756. The van der Waals surface area contributed by atoms with Crippen molar-refractivity contribution in [3.05, 3.63) is 122 Å². The zero-order valence-corrected chi connectivity index (χ0v) is 20.4. The number of fused-ring (bicyclic) bond motifs is 1. The van der Waals surface area contributed by atoms with E-state index in [0.29, 0.717) is 16.3 Å². The number of halogens is 1. The van der Waals surface area contributed by atoms with Gasteiger partial charge in [-0.25, -0.2) is 4.39 Å². The Morgan fingerprint density at radius 1 is 1.08 bits per heavy atom. The van der Waals surface area contributed by atoms with E-state index in [4.69, 9.17) is 0 Å². The van der Waals surface area contributed by atoms with Gasteiger partial charge in [0.15, 0.2) is 0 Å². The topological polar surface area (TPSA) is 88.0 Å². The van der Waals surface area contributed by atoms with Crippen LogP contribution < -0.4 is 5.32 Å². The molecule has 0 radical (unpaired) electrons. The molecule has 5 rings (SSSR count). The molecule has 5 aromatic rings. The summed E-state index contributed by atoms with van der Waals surface area (Å²) in [4.78, 5) is 29.7. The van der Waals surface area contributed by atoms with E-state index in [1.807, 2.05) is 48.0 Å². The highest BCUT2D eigenvalue weighted by Crippen LogP contribution is 2.36. The summed E-state index contributed by atoms with van der Waals surface area (Å²) in [5.41, 5.74) is 2.12. The van der Waals surface area contributed by atoms with Gasteiger partial charge in [0.1, 0.15) is 5.82 Å². The number of amides is 1. The average Bonchev–Trinajstić information content (AvgIpc) is 3.57. The molecule has 9 heteroatoms. The Kier molecular flexibility index (Phi) is 6.84. The normalized spacial score (nSPS) is 11.9. The summed E-state index contributed by atoms with van der Waals surface area (Å²) < 4.78 is 13.2. The van der Waals surface area contributed by atoms with Gasteiger partial charge in [0.05, 0.1) is 9.82 Å². The van der Waals surface area contributed by atoms with Crippen LogP contribution in [0.15, 0.2) is 100 Å². The van der Waals surface area contributed by atoms with Gasteiger partial charge in [0.25, 0.3) is 11.6 Å². The summed E-state index contributed by atoms with van der Waals surface area (Å²) >= 11 is 2.76. The molecular weight excluding hydrogens is 497 g/mol. The minimum atomic E-state index is -0.511. The summed E-state index contributed by atoms with van der Waals surface area (Å²) in [5, 5.41) is 17.8. The fourth-order valence-electron chi connectivity index (χ4n) is 4.05. The Bertz CT molecular complexity index is 1530. The molecule has 180 valence electrons. The van der Waals surface area contributed by atoms with Crippen LogP contribution in [0.2, 0.25) is 0 Å². The van der Waals surface area contributed by atoms with Gasteiger partial charge in [-0.1, -0.05) is 36.0 Å². The lowest BCUT2D eigenvalue weighted by atomic mass is 9.96. The summed E-state index contributed by atoms with van der Waals surface area (Å²) in [6.07, 6.45) is 1.97. The number of nitro groups is 1. The van der Waals surface area contributed by atoms with Crippen LogP contribution in [0.5, 0.6) is 0 Å². The molecule has 6 nitrogen and oxygen atoms in total. The summed E-state index contributed by atoms with van der Waals surface area (Å²) in [7, 11) is 0. The van der Waals surface area contributed by atoms with Gasteiger partial charge in [0.2, 0.25) is 0 Å². The number of nitrogens with zero attached hydrogens (tertiary/aromatic N) is 1. The van der Waals surface area contributed by atoms with E-state index >= 15 is 0 Å². The van der Waals surface area contributed by atoms with Crippen LogP contribution in [0.25, 0.3) is 10.9 Å². The van der Waals surface area contributed by atoms with Gasteiger partial charge in [-0.2, -0.15) is 0 Å². The number of hydrogen-bond donors (Lipinski definition) is 2. The van der Waals surface area contributed by atoms with Crippen LogP contribution >= 0.6 is 23.1 Å². The minimum Gasteiger partial charge on any atom is -0.361 e. The van der Waals surface area contributed by atoms with Crippen LogP contribution in [0, 0.1) is 15.9 Å². The molecule has 0 unspecified atom stereocenters. The molecular formula is C27H20FN3O3S2. The molecule has 1 atom stereocenters. The third-order valence-electron chi connectivity index (χ3n) is 5.81. The lowest BCUT2D eigenvalue weighted by Gasteiger charge is -2.16. The van der Waals surface area contributed by atoms with Crippen LogP contribution in [0.4, 0.5) is 10.1 Å². The second-order valence-electron chi connectivity index (χ2n) is 8.06. The van der Waals surface area contributed by atoms with Crippen molar-refractivity contribution in [3.8, 4) is 0 Å². The molecule has 0 aliphatic heterocycles. The molecule has 3 aromatic carbocycles. The van der Waals surface area contributed by atoms with E-state index < -0.39 is 10.8 Å². The van der Waals surface area contributed by atoms with Crippen molar-refractivity contribution in [1.82, 2.24) is 10.3 Å². The first-order valence-electron chi connectivity index (χ1n) is 11.1. The third-order valence-corrected chi connectivity index (χ3v) is 7.87. The Hall–Kier alpha value is -3.95. The van der Waals surface area contributed by atoms with Crippen LogP contribution in [-0.2, 0) is 0 Å². The number of hydrogen-bond acceptors (Lipinski definition) is 5. The second kappa shape index (κ2) is 10.3. The molecule has 0 saturated heterocycles. The summed E-state index contributed by atoms with van der Waals surface area (Å²) in [6.45, 7) is 0.334. The molecule has 2 aromatic heterocycles. The Morgan fingerprint density at radius 3 is 2.64 bits per heavy atom. The van der Waals surface area contributed by atoms with Crippen molar-refractivity contribution in [2.24, 2.45) is 0 Å². The van der Waals surface area contributed by atoms with Crippen LogP contribution in [0.3, 0.4) is 0 Å². The number of rotatable bonds is 8. The highest BCUT2D eigenvalue weighted by molar-refractivity contribution is 7.99. The van der Waals surface area contributed by atoms with Gasteiger partial charge in [-0.05, 0) is 59.5 Å². The van der Waals surface area contributed by atoms with E-state index in [1.54, 1.807) is 35.6 Å². The number of H-pyrrole nitrogens is 1. The predicted molar refractivity (Wildman–Crippen MR) is 140 cm³/mol. The van der Waals surface area contributed by atoms with E-state index in [-0.39, 0.29) is 23.0 Å². The summed E-state index contributed by atoms with van der Waals surface area (Å²) in [6, 6.07) is 22.1. The molecule has 0 spiro atoms. The number of nitrogens with one attached hydrogen (secondary N) is 2. The largest absolute Gasteiger partial charge is 0.361 e. The quantitative estimate of drug-likeness (QED) is 0.172. The number of benzene rings is 3. The zero-order valence-electron chi connectivity index (χ0n) is 18.8. The van der Waals surface area contributed by atoms with Gasteiger partial charge in [-0.3, -0.25) is 14.9 Å². The molecule has 0 aliphatic rings. The van der Waals surface area contributed by atoms with E-state index in [2.05, 4.69) is 10.3 Å². The van der Waals surface area contributed by atoms with Crippen molar-refractivity contribution in [2.75, 3.05) is 6.54 Å². The van der Waals surface area contributed by atoms with Gasteiger partial charge in [0, 0.05) is 51.0 Å². The maximum atomic E-state index is 13.2. The second-order valence-corrected chi connectivity index (χ2v) is 10.2. The highest BCUT2D eigenvalue weighted by Gasteiger charge is 2.22. The molecule has 1 amide bonds. The lowest BCUT2D eigenvalue weighted by molar-refractivity contribution is -0.387. The monoisotopic (exact) mass is 517 g/mol. The Balaban J connectivity index is 1.37. The highest BCUT2D eigenvalue weighted by atomic mass is 32.2. The van der Waals surface area contributed by atoms with Gasteiger partial charge >= 0.3 is 0 Å². The van der Waals surface area contributed by atoms with Gasteiger partial charge < -0.3 is 10.3 Å². The number of aromatic nitrogens is 1. The van der Waals surface area contributed by atoms with Gasteiger partial charge in [-0.15, -0.1) is 11.3 Å².